The van der Waals surface area contributed by atoms with Crippen molar-refractivity contribution in [3.8, 4) is 0 Å². The first-order valence-corrected chi connectivity index (χ1v) is 3.74. The highest BCUT2D eigenvalue weighted by atomic mass is 16.5. The summed E-state index contributed by atoms with van der Waals surface area (Å²) in [6.45, 7) is 3.18. The van der Waals surface area contributed by atoms with Gasteiger partial charge in [-0.25, -0.2) is 0 Å². The van der Waals surface area contributed by atoms with Crippen LogP contribution in [0.2, 0.25) is 0 Å². The summed E-state index contributed by atoms with van der Waals surface area (Å²) in [6.07, 6.45) is 0.721. The molecular formula is C7H16N2O2. The average Bonchev–Trinajstić information content (AvgIpc) is 1.97. The van der Waals surface area contributed by atoms with Crippen LogP contribution in [0.4, 0.5) is 0 Å². The normalized spacial score (nSPS) is 12.9. The molecule has 0 saturated heterocycles. The van der Waals surface area contributed by atoms with Gasteiger partial charge in [-0.05, 0) is 6.42 Å². The molecule has 0 aliphatic rings. The van der Waals surface area contributed by atoms with Crippen molar-refractivity contribution in [2.45, 2.75) is 19.4 Å². The molecule has 0 saturated carbocycles. The minimum atomic E-state index is -0.302. The van der Waals surface area contributed by atoms with Crippen LogP contribution in [-0.2, 0) is 9.53 Å². The second-order valence-electron chi connectivity index (χ2n) is 2.31. The number of carbonyl (C=O) groups excluding carboxylic acids is 1. The van der Waals surface area contributed by atoms with Crippen LogP contribution in [0.1, 0.15) is 13.3 Å². The van der Waals surface area contributed by atoms with Gasteiger partial charge in [-0.3, -0.25) is 4.79 Å². The van der Waals surface area contributed by atoms with Crippen LogP contribution in [0.3, 0.4) is 0 Å². The molecule has 0 aromatic carbocycles. The van der Waals surface area contributed by atoms with Crippen LogP contribution in [0.25, 0.3) is 0 Å². The zero-order valence-corrected chi connectivity index (χ0v) is 7.09. The summed E-state index contributed by atoms with van der Waals surface area (Å²) in [4.78, 5) is 10.6. The number of primary amides is 1. The summed E-state index contributed by atoms with van der Waals surface area (Å²) < 4.78 is 4.80. The van der Waals surface area contributed by atoms with Crippen molar-refractivity contribution in [1.29, 1.82) is 0 Å². The SMILES string of the molecule is CCC(NCCOC)C(N)=O. The number of hydrogen-bond donors (Lipinski definition) is 2. The lowest BCUT2D eigenvalue weighted by atomic mass is 10.2. The largest absolute Gasteiger partial charge is 0.383 e. The number of nitrogens with one attached hydrogen (secondary N) is 1. The maximum Gasteiger partial charge on any atom is 0.234 e. The Hall–Kier alpha value is -0.610. The molecular weight excluding hydrogens is 144 g/mol. The molecule has 0 rings (SSSR count). The van der Waals surface area contributed by atoms with Crippen molar-refractivity contribution in [1.82, 2.24) is 5.32 Å². The van der Waals surface area contributed by atoms with Gasteiger partial charge >= 0.3 is 0 Å². The van der Waals surface area contributed by atoms with Crippen LogP contribution in [0, 0.1) is 0 Å². The zero-order chi connectivity index (χ0) is 8.69. The van der Waals surface area contributed by atoms with E-state index in [0.717, 1.165) is 6.42 Å². The summed E-state index contributed by atoms with van der Waals surface area (Å²) in [7, 11) is 1.62. The fourth-order valence-corrected chi connectivity index (χ4v) is 0.781. The number of ether oxygens (including phenoxy) is 1. The summed E-state index contributed by atoms with van der Waals surface area (Å²) in [5, 5.41) is 2.97. The van der Waals surface area contributed by atoms with Gasteiger partial charge in [-0.2, -0.15) is 0 Å². The minimum Gasteiger partial charge on any atom is -0.383 e. The van der Waals surface area contributed by atoms with Crippen LogP contribution in [0.15, 0.2) is 0 Å². The number of methoxy groups -OCH3 is 1. The average molecular weight is 160 g/mol. The van der Waals surface area contributed by atoms with Crippen LogP contribution >= 0.6 is 0 Å². The molecule has 3 N–H and O–H groups in total. The summed E-state index contributed by atoms with van der Waals surface area (Å²) in [5.74, 6) is -0.302. The van der Waals surface area contributed by atoms with Gasteiger partial charge in [0.2, 0.25) is 5.91 Å². The van der Waals surface area contributed by atoms with Gasteiger partial charge in [0.25, 0.3) is 0 Å². The molecule has 4 nitrogen and oxygen atoms in total. The molecule has 0 spiro atoms. The molecule has 0 aromatic rings. The van der Waals surface area contributed by atoms with Crippen molar-refractivity contribution < 1.29 is 9.53 Å². The predicted molar refractivity (Wildman–Crippen MR) is 43.2 cm³/mol. The predicted octanol–water partition coefficient (Wildman–Crippen LogP) is -0.514. The Balaban J connectivity index is 3.44. The monoisotopic (exact) mass is 160 g/mol. The number of carbonyl (C=O) groups is 1. The van der Waals surface area contributed by atoms with Crippen molar-refractivity contribution in [3.05, 3.63) is 0 Å². The van der Waals surface area contributed by atoms with Crippen molar-refractivity contribution in [3.63, 3.8) is 0 Å². The first kappa shape index (κ1) is 10.4. The number of nitrogens with two attached hydrogens (primary N) is 1. The lowest BCUT2D eigenvalue weighted by molar-refractivity contribution is -0.120. The molecule has 0 aromatic heterocycles. The standard InChI is InChI=1S/C7H16N2O2/c1-3-6(7(8)10)9-4-5-11-2/h6,9H,3-5H2,1-2H3,(H2,8,10). The zero-order valence-electron chi connectivity index (χ0n) is 7.09. The third-order valence-electron chi connectivity index (χ3n) is 1.45. The quantitative estimate of drug-likeness (QED) is 0.514. The molecule has 0 bridgehead atoms. The molecule has 0 aliphatic carbocycles. The van der Waals surface area contributed by atoms with Crippen LogP contribution < -0.4 is 11.1 Å². The molecule has 1 atom stereocenters. The van der Waals surface area contributed by atoms with Crippen LogP contribution in [0.5, 0.6) is 0 Å². The minimum absolute atomic E-state index is 0.217. The maximum absolute atomic E-state index is 10.6. The third-order valence-corrected chi connectivity index (χ3v) is 1.45. The first-order valence-electron chi connectivity index (χ1n) is 3.74. The van der Waals surface area contributed by atoms with Gasteiger partial charge in [-0.15, -0.1) is 0 Å². The van der Waals surface area contributed by atoms with Gasteiger partial charge < -0.3 is 15.8 Å². The summed E-state index contributed by atoms with van der Waals surface area (Å²) in [5.41, 5.74) is 5.09. The molecule has 66 valence electrons. The Morgan fingerprint density at radius 3 is 2.73 bits per heavy atom. The van der Waals surface area contributed by atoms with E-state index in [-0.39, 0.29) is 11.9 Å². The molecule has 1 unspecified atom stereocenters. The van der Waals surface area contributed by atoms with E-state index in [1.54, 1.807) is 7.11 Å². The highest BCUT2D eigenvalue weighted by Gasteiger charge is 2.09. The number of rotatable bonds is 6. The van der Waals surface area contributed by atoms with E-state index in [1.165, 1.54) is 0 Å². The third kappa shape index (κ3) is 4.75. The molecule has 11 heavy (non-hydrogen) atoms. The fraction of sp³-hybridized carbons (Fsp3) is 0.857. The van der Waals surface area contributed by atoms with Gasteiger partial charge in [0.15, 0.2) is 0 Å². The lowest BCUT2D eigenvalue weighted by Gasteiger charge is -2.11. The van der Waals surface area contributed by atoms with E-state index in [9.17, 15) is 4.79 Å². The molecule has 4 heteroatoms. The topological polar surface area (TPSA) is 64.3 Å². The first-order chi connectivity index (χ1) is 5.22. The highest BCUT2D eigenvalue weighted by Crippen LogP contribution is 1.87. The Kier molecular flexibility index (Phi) is 5.78. The Bertz CT molecular complexity index is 117. The van der Waals surface area contributed by atoms with Crippen LogP contribution in [-0.4, -0.2) is 32.2 Å². The lowest BCUT2D eigenvalue weighted by Crippen LogP contribution is -2.42. The van der Waals surface area contributed by atoms with Gasteiger partial charge in [0, 0.05) is 13.7 Å². The van der Waals surface area contributed by atoms with Crippen molar-refractivity contribution >= 4 is 5.91 Å². The summed E-state index contributed by atoms with van der Waals surface area (Å²) >= 11 is 0. The molecule has 1 amide bonds. The van der Waals surface area contributed by atoms with E-state index < -0.39 is 0 Å². The smallest absolute Gasteiger partial charge is 0.234 e. The van der Waals surface area contributed by atoms with Gasteiger partial charge in [0.05, 0.1) is 12.6 Å². The van der Waals surface area contributed by atoms with E-state index in [0.29, 0.717) is 13.2 Å². The fourth-order valence-electron chi connectivity index (χ4n) is 0.781. The van der Waals surface area contributed by atoms with E-state index in [4.69, 9.17) is 10.5 Å². The second kappa shape index (κ2) is 6.12. The van der Waals surface area contributed by atoms with E-state index >= 15 is 0 Å². The van der Waals surface area contributed by atoms with Crippen molar-refractivity contribution in [2.75, 3.05) is 20.3 Å². The summed E-state index contributed by atoms with van der Waals surface area (Å²) in [6, 6.07) is -0.217. The second-order valence-corrected chi connectivity index (χ2v) is 2.31. The van der Waals surface area contributed by atoms with Gasteiger partial charge in [0.1, 0.15) is 0 Å². The van der Waals surface area contributed by atoms with E-state index in [2.05, 4.69) is 5.32 Å². The maximum atomic E-state index is 10.6. The Labute approximate surface area is 67.1 Å². The number of hydrogen-bond acceptors (Lipinski definition) is 3. The van der Waals surface area contributed by atoms with Crippen molar-refractivity contribution in [2.24, 2.45) is 5.73 Å². The molecule has 0 radical (unpaired) electrons. The Morgan fingerprint density at radius 1 is 1.73 bits per heavy atom. The Morgan fingerprint density at radius 2 is 2.36 bits per heavy atom. The highest BCUT2D eigenvalue weighted by molar-refractivity contribution is 5.79. The molecule has 0 heterocycles. The van der Waals surface area contributed by atoms with E-state index in [1.807, 2.05) is 6.92 Å². The number of amides is 1. The molecule has 0 aliphatic heterocycles. The van der Waals surface area contributed by atoms with Gasteiger partial charge in [-0.1, -0.05) is 6.92 Å². The molecule has 0 fully saturated rings.